The first-order valence-corrected chi connectivity index (χ1v) is 5.72. The highest BCUT2D eigenvalue weighted by Crippen LogP contribution is 2.22. The molecule has 4 nitrogen and oxygen atoms in total. The van der Waals surface area contributed by atoms with Crippen LogP contribution in [-0.2, 0) is 4.79 Å². The zero-order valence-corrected chi connectivity index (χ0v) is 10.3. The van der Waals surface area contributed by atoms with Gasteiger partial charge in [-0.25, -0.2) is 4.39 Å². The Morgan fingerprint density at radius 3 is 2.68 bits per heavy atom. The molecule has 0 radical (unpaired) electrons. The normalized spacial score (nSPS) is 12.3. The number of halogens is 3. The van der Waals surface area contributed by atoms with Crippen molar-refractivity contribution in [3.8, 4) is 5.75 Å². The van der Waals surface area contributed by atoms with Gasteiger partial charge in [-0.3, -0.25) is 4.79 Å². The lowest BCUT2D eigenvalue weighted by molar-refractivity contribution is -0.116. The van der Waals surface area contributed by atoms with Crippen LogP contribution in [0.4, 0.5) is 18.9 Å². The fourth-order valence-corrected chi connectivity index (χ4v) is 1.36. The van der Waals surface area contributed by atoms with E-state index in [-0.39, 0.29) is 24.1 Å². The number of ether oxygens (including phenoxy) is 1. The van der Waals surface area contributed by atoms with E-state index >= 15 is 0 Å². The summed E-state index contributed by atoms with van der Waals surface area (Å²) < 4.78 is 41.1. The molecule has 1 rings (SSSR count). The molecule has 0 heterocycles. The highest BCUT2D eigenvalue weighted by molar-refractivity contribution is 5.91. The highest BCUT2D eigenvalue weighted by Gasteiger charge is 2.12. The van der Waals surface area contributed by atoms with Gasteiger partial charge < -0.3 is 15.8 Å². The number of benzene rings is 1. The van der Waals surface area contributed by atoms with Gasteiger partial charge in [0.05, 0.1) is 0 Å². The molecule has 1 aromatic rings. The van der Waals surface area contributed by atoms with Crippen LogP contribution in [0.3, 0.4) is 0 Å². The van der Waals surface area contributed by atoms with Gasteiger partial charge in [0.15, 0.2) is 11.6 Å². The third kappa shape index (κ3) is 5.17. The first-order chi connectivity index (χ1) is 8.92. The minimum atomic E-state index is -3.10. The summed E-state index contributed by atoms with van der Waals surface area (Å²) in [4.78, 5) is 11.5. The second-order valence-electron chi connectivity index (χ2n) is 3.94. The molecular formula is C12H15F3N2O2. The second-order valence-corrected chi connectivity index (χ2v) is 3.94. The fraction of sp³-hybridized carbons (Fsp3) is 0.417. The third-order valence-electron chi connectivity index (χ3n) is 2.40. The van der Waals surface area contributed by atoms with Crippen LogP contribution in [-0.4, -0.2) is 18.6 Å². The van der Waals surface area contributed by atoms with E-state index in [1.807, 2.05) is 6.92 Å². The number of nitrogens with one attached hydrogen (secondary N) is 1. The van der Waals surface area contributed by atoms with Gasteiger partial charge >= 0.3 is 6.61 Å². The molecule has 1 atom stereocenters. The smallest absolute Gasteiger partial charge is 0.387 e. The second kappa shape index (κ2) is 6.98. The number of carbonyl (C=O) groups is 1. The Balaban J connectivity index is 2.65. The molecule has 7 heteroatoms. The van der Waals surface area contributed by atoms with Gasteiger partial charge in [0.25, 0.3) is 0 Å². The van der Waals surface area contributed by atoms with Crippen molar-refractivity contribution >= 4 is 11.6 Å². The maximum Gasteiger partial charge on any atom is 0.387 e. The zero-order chi connectivity index (χ0) is 14.4. The van der Waals surface area contributed by atoms with E-state index in [9.17, 15) is 18.0 Å². The molecule has 19 heavy (non-hydrogen) atoms. The minimum Gasteiger partial charge on any atom is -0.432 e. The van der Waals surface area contributed by atoms with Crippen LogP contribution >= 0.6 is 0 Å². The molecule has 0 bridgehead atoms. The summed E-state index contributed by atoms with van der Waals surface area (Å²) in [6.45, 7) is -1.26. The van der Waals surface area contributed by atoms with Gasteiger partial charge in [0, 0.05) is 24.2 Å². The van der Waals surface area contributed by atoms with Crippen LogP contribution in [0.2, 0.25) is 0 Å². The zero-order valence-electron chi connectivity index (χ0n) is 10.3. The Labute approximate surface area is 108 Å². The molecule has 0 spiro atoms. The van der Waals surface area contributed by atoms with Gasteiger partial charge in [-0.05, 0) is 18.6 Å². The van der Waals surface area contributed by atoms with Gasteiger partial charge in [0.2, 0.25) is 5.91 Å². The van der Waals surface area contributed by atoms with Crippen LogP contribution in [0.1, 0.15) is 19.8 Å². The SMILES string of the molecule is CCC(N)CC(=O)Nc1ccc(OC(F)F)c(F)c1. The third-order valence-corrected chi connectivity index (χ3v) is 2.40. The van der Waals surface area contributed by atoms with Crippen LogP contribution in [0.5, 0.6) is 5.75 Å². The van der Waals surface area contributed by atoms with E-state index in [2.05, 4.69) is 10.1 Å². The largest absolute Gasteiger partial charge is 0.432 e. The summed E-state index contributed by atoms with van der Waals surface area (Å²) >= 11 is 0. The summed E-state index contributed by atoms with van der Waals surface area (Å²) in [7, 11) is 0. The first-order valence-electron chi connectivity index (χ1n) is 5.72. The molecule has 0 fully saturated rings. The van der Waals surface area contributed by atoms with Crippen molar-refractivity contribution in [3.63, 3.8) is 0 Å². The van der Waals surface area contributed by atoms with E-state index in [1.165, 1.54) is 6.07 Å². The van der Waals surface area contributed by atoms with E-state index in [0.29, 0.717) is 6.42 Å². The van der Waals surface area contributed by atoms with Crippen molar-refractivity contribution in [1.29, 1.82) is 0 Å². The Morgan fingerprint density at radius 2 is 2.16 bits per heavy atom. The molecule has 0 saturated heterocycles. The molecule has 1 amide bonds. The number of anilines is 1. The summed E-state index contributed by atoms with van der Waals surface area (Å²) in [5, 5.41) is 2.43. The Morgan fingerprint density at radius 1 is 1.47 bits per heavy atom. The van der Waals surface area contributed by atoms with Gasteiger partial charge in [-0.1, -0.05) is 6.92 Å². The summed E-state index contributed by atoms with van der Waals surface area (Å²) in [5.41, 5.74) is 5.76. The van der Waals surface area contributed by atoms with Crippen LogP contribution in [0.25, 0.3) is 0 Å². The number of alkyl halides is 2. The fourth-order valence-electron chi connectivity index (χ4n) is 1.36. The van der Waals surface area contributed by atoms with Gasteiger partial charge in [-0.2, -0.15) is 8.78 Å². The number of hydrogen-bond acceptors (Lipinski definition) is 3. The molecule has 0 aliphatic rings. The lowest BCUT2D eigenvalue weighted by Gasteiger charge is -2.11. The lowest BCUT2D eigenvalue weighted by atomic mass is 10.1. The molecule has 1 unspecified atom stereocenters. The van der Waals surface area contributed by atoms with E-state index in [4.69, 9.17) is 5.73 Å². The van der Waals surface area contributed by atoms with Crippen LogP contribution in [0.15, 0.2) is 18.2 Å². The number of nitrogens with two attached hydrogens (primary N) is 1. The number of rotatable bonds is 6. The van der Waals surface area contributed by atoms with Crippen molar-refractivity contribution in [3.05, 3.63) is 24.0 Å². The van der Waals surface area contributed by atoms with Crippen LogP contribution < -0.4 is 15.8 Å². The van der Waals surface area contributed by atoms with Crippen molar-refractivity contribution in [2.75, 3.05) is 5.32 Å². The first kappa shape index (κ1) is 15.3. The lowest BCUT2D eigenvalue weighted by Crippen LogP contribution is -2.26. The average Bonchev–Trinajstić information content (AvgIpc) is 2.32. The average molecular weight is 276 g/mol. The van der Waals surface area contributed by atoms with E-state index < -0.39 is 18.2 Å². The Bertz CT molecular complexity index is 441. The number of carbonyl (C=O) groups excluding carboxylic acids is 1. The summed E-state index contributed by atoms with van der Waals surface area (Å²) in [6, 6.07) is 2.94. The Hall–Kier alpha value is -1.76. The minimum absolute atomic E-state index is 0.105. The molecule has 0 aliphatic heterocycles. The Kier molecular flexibility index (Phi) is 5.62. The van der Waals surface area contributed by atoms with Gasteiger partial charge in [0.1, 0.15) is 0 Å². The van der Waals surface area contributed by atoms with Crippen LogP contribution in [0, 0.1) is 5.82 Å². The maximum atomic E-state index is 13.4. The molecule has 1 aromatic carbocycles. The highest BCUT2D eigenvalue weighted by atomic mass is 19.3. The molecule has 0 aliphatic carbocycles. The maximum absolute atomic E-state index is 13.4. The topological polar surface area (TPSA) is 64.4 Å². The predicted molar refractivity (Wildman–Crippen MR) is 64.5 cm³/mol. The predicted octanol–water partition coefficient (Wildman–Crippen LogP) is 2.49. The van der Waals surface area contributed by atoms with Crippen molar-refractivity contribution in [2.45, 2.75) is 32.4 Å². The monoisotopic (exact) mass is 276 g/mol. The van der Waals surface area contributed by atoms with Crippen molar-refractivity contribution < 1.29 is 22.7 Å². The molecular weight excluding hydrogens is 261 g/mol. The number of amides is 1. The standard InChI is InChI=1S/C12H15F3N2O2/c1-2-7(16)5-11(18)17-8-3-4-10(9(13)6-8)19-12(14)15/h3-4,6-7,12H,2,5,16H2,1H3,(H,17,18). The summed E-state index contributed by atoms with van der Waals surface area (Å²) in [6.07, 6.45) is 0.746. The molecule has 3 N–H and O–H groups in total. The summed E-state index contributed by atoms with van der Waals surface area (Å²) in [5.74, 6) is -1.91. The van der Waals surface area contributed by atoms with Crippen molar-refractivity contribution in [2.24, 2.45) is 5.73 Å². The quantitative estimate of drug-likeness (QED) is 0.839. The molecule has 0 aromatic heterocycles. The number of hydrogen-bond donors (Lipinski definition) is 2. The van der Waals surface area contributed by atoms with Crippen molar-refractivity contribution in [1.82, 2.24) is 0 Å². The van der Waals surface area contributed by atoms with E-state index in [0.717, 1.165) is 12.1 Å². The molecule has 106 valence electrons. The molecule has 0 saturated carbocycles. The van der Waals surface area contributed by atoms with Gasteiger partial charge in [-0.15, -0.1) is 0 Å². The van der Waals surface area contributed by atoms with E-state index in [1.54, 1.807) is 0 Å².